The highest BCUT2D eigenvalue weighted by Crippen LogP contribution is 2.25. The average Bonchev–Trinajstić information content (AvgIpc) is 2.16. The van der Waals surface area contributed by atoms with E-state index in [-0.39, 0.29) is 11.7 Å². The first kappa shape index (κ1) is 8.70. The number of nitrogens with one attached hydrogen (secondary N) is 1. The van der Waals surface area contributed by atoms with E-state index in [9.17, 15) is 9.18 Å². The number of nitriles is 1. The molecule has 3 nitrogen and oxygen atoms in total. The Labute approximate surface area is 80.2 Å². The molecule has 1 aliphatic heterocycles. The van der Waals surface area contributed by atoms with Crippen molar-refractivity contribution in [3.63, 3.8) is 0 Å². The molecular formula is C10H7FN2O. The van der Waals surface area contributed by atoms with Crippen molar-refractivity contribution in [2.45, 2.75) is 6.42 Å². The highest BCUT2D eigenvalue weighted by atomic mass is 19.1. The minimum atomic E-state index is -0.659. The molecule has 0 spiro atoms. The summed E-state index contributed by atoms with van der Waals surface area (Å²) in [6.07, 6.45) is 0.359. The normalized spacial score (nSPS) is 19.4. The SMILES string of the molecule is N#CC1Cc2ccc(F)cc2NC1=O. The fourth-order valence-electron chi connectivity index (χ4n) is 1.48. The molecule has 0 saturated heterocycles. The quantitative estimate of drug-likeness (QED) is 0.673. The molecule has 2 rings (SSSR count). The summed E-state index contributed by atoms with van der Waals surface area (Å²) in [4.78, 5) is 11.2. The highest BCUT2D eigenvalue weighted by molar-refractivity contribution is 5.97. The second-order valence-corrected chi connectivity index (χ2v) is 3.18. The van der Waals surface area contributed by atoms with Gasteiger partial charge in [0.25, 0.3) is 0 Å². The van der Waals surface area contributed by atoms with Crippen LogP contribution in [-0.4, -0.2) is 5.91 Å². The third-order valence-corrected chi connectivity index (χ3v) is 2.23. The molecule has 0 bridgehead atoms. The van der Waals surface area contributed by atoms with E-state index in [0.717, 1.165) is 5.56 Å². The van der Waals surface area contributed by atoms with Gasteiger partial charge in [-0.05, 0) is 24.1 Å². The predicted molar refractivity (Wildman–Crippen MR) is 47.8 cm³/mol. The summed E-state index contributed by atoms with van der Waals surface area (Å²) in [5.74, 6) is -1.40. The summed E-state index contributed by atoms with van der Waals surface area (Å²) in [5.41, 5.74) is 1.28. The Bertz CT molecular complexity index is 436. The van der Waals surface area contributed by atoms with E-state index in [1.807, 2.05) is 6.07 Å². The molecule has 1 aliphatic rings. The topological polar surface area (TPSA) is 52.9 Å². The van der Waals surface area contributed by atoms with E-state index in [0.29, 0.717) is 12.1 Å². The number of amides is 1. The number of rotatable bonds is 0. The predicted octanol–water partition coefficient (Wildman–Crippen LogP) is 1.46. The van der Waals surface area contributed by atoms with Gasteiger partial charge < -0.3 is 5.32 Å². The van der Waals surface area contributed by atoms with Crippen molar-refractivity contribution in [3.8, 4) is 6.07 Å². The Morgan fingerprint density at radius 2 is 2.36 bits per heavy atom. The molecule has 1 aromatic rings. The van der Waals surface area contributed by atoms with Crippen LogP contribution in [0, 0.1) is 23.1 Å². The van der Waals surface area contributed by atoms with Crippen LogP contribution in [0.3, 0.4) is 0 Å². The molecule has 1 amide bonds. The Kier molecular flexibility index (Phi) is 1.93. The molecular weight excluding hydrogens is 183 g/mol. The van der Waals surface area contributed by atoms with Gasteiger partial charge in [-0.2, -0.15) is 5.26 Å². The van der Waals surface area contributed by atoms with Gasteiger partial charge in [-0.25, -0.2) is 4.39 Å². The number of carbonyl (C=O) groups is 1. The molecule has 0 radical (unpaired) electrons. The van der Waals surface area contributed by atoms with Crippen LogP contribution >= 0.6 is 0 Å². The van der Waals surface area contributed by atoms with E-state index < -0.39 is 5.92 Å². The molecule has 0 aliphatic carbocycles. The molecule has 14 heavy (non-hydrogen) atoms. The van der Waals surface area contributed by atoms with Crippen LogP contribution in [0.5, 0.6) is 0 Å². The van der Waals surface area contributed by atoms with E-state index in [2.05, 4.69) is 5.32 Å². The molecule has 1 unspecified atom stereocenters. The zero-order valence-corrected chi connectivity index (χ0v) is 7.25. The van der Waals surface area contributed by atoms with Crippen LogP contribution in [0.25, 0.3) is 0 Å². The lowest BCUT2D eigenvalue weighted by Gasteiger charge is -2.19. The largest absolute Gasteiger partial charge is 0.325 e. The van der Waals surface area contributed by atoms with Gasteiger partial charge in [0, 0.05) is 5.69 Å². The summed E-state index contributed by atoms with van der Waals surface area (Å²) in [7, 11) is 0. The molecule has 1 aromatic carbocycles. The maximum absolute atomic E-state index is 12.8. The molecule has 1 N–H and O–H groups in total. The minimum absolute atomic E-state index is 0.356. The fourth-order valence-corrected chi connectivity index (χ4v) is 1.48. The van der Waals surface area contributed by atoms with Crippen molar-refractivity contribution in [1.82, 2.24) is 0 Å². The van der Waals surface area contributed by atoms with Crippen molar-refractivity contribution in [2.75, 3.05) is 5.32 Å². The lowest BCUT2D eigenvalue weighted by molar-refractivity contribution is -0.118. The van der Waals surface area contributed by atoms with Crippen molar-refractivity contribution in [2.24, 2.45) is 5.92 Å². The molecule has 4 heteroatoms. The van der Waals surface area contributed by atoms with Gasteiger partial charge in [0.1, 0.15) is 11.7 Å². The summed E-state index contributed by atoms with van der Waals surface area (Å²) in [6, 6.07) is 6.08. The fraction of sp³-hybridized carbons (Fsp3) is 0.200. The van der Waals surface area contributed by atoms with Crippen molar-refractivity contribution in [3.05, 3.63) is 29.6 Å². The number of halogens is 1. The first-order chi connectivity index (χ1) is 6.70. The zero-order valence-electron chi connectivity index (χ0n) is 7.25. The molecule has 0 saturated carbocycles. The van der Waals surface area contributed by atoms with Gasteiger partial charge in [0.2, 0.25) is 5.91 Å². The van der Waals surface area contributed by atoms with Gasteiger partial charge in [0.05, 0.1) is 6.07 Å². The number of fused-ring (bicyclic) bond motifs is 1. The Balaban J connectivity index is 2.41. The van der Waals surface area contributed by atoms with Crippen LogP contribution in [-0.2, 0) is 11.2 Å². The monoisotopic (exact) mass is 190 g/mol. The summed E-state index contributed by atoms with van der Waals surface area (Å²) >= 11 is 0. The first-order valence-corrected chi connectivity index (χ1v) is 4.19. The lowest BCUT2D eigenvalue weighted by Crippen LogP contribution is -2.28. The van der Waals surface area contributed by atoms with Crippen LogP contribution in [0.1, 0.15) is 5.56 Å². The summed E-state index contributed by atoms with van der Waals surface area (Å²) in [5, 5.41) is 11.2. The van der Waals surface area contributed by atoms with Crippen molar-refractivity contribution >= 4 is 11.6 Å². The van der Waals surface area contributed by atoms with Crippen LogP contribution in [0.2, 0.25) is 0 Å². The van der Waals surface area contributed by atoms with Gasteiger partial charge in [-0.15, -0.1) is 0 Å². The van der Waals surface area contributed by atoms with Crippen molar-refractivity contribution < 1.29 is 9.18 Å². The standard InChI is InChI=1S/C10H7FN2O/c11-8-2-1-6-3-7(5-12)10(14)13-9(6)4-8/h1-2,4,7H,3H2,(H,13,14). The van der Waals surface area contributed by atoms with Crippen LogP contribution < -0.4 is 5.32 Å². The smallest absolute Gasteiger partial charge is 0.242 e. The molecule has 1 heterocycles. The van der Waals surface area contributed by atoms with Crippen molar-refractivity contribution in [1.29, 1.82) is 5.26 Å². The number of hydrogen-bond acceptors (Lipinski definition) is 2. The Morgan fingerprint density at radius 1 is 1.57 bits per heavy atom. The van der Waals surface area contributed by atoms with Gasteiger partial charge in [-0.1, -0.05) is 6.07 Å². The minimum Gasteiger partial charge on any atom is -0.325 e. The number of hydrogen-bond donors (Lipinski definition) is 1. The van der Waals surface area contributed by atoms with E-state index in [1.54, 1.807) is 6.07 Å². The second kappa shape index (κ2) is 3.11. The highest BCUT2D eigenvalue weighted by Gasteiger charge is 2.25. The maximum atomic E-state index is 12.8. The molecule has 0 fully saturated rings. The Hall–Kier alpha value is -1.89. The number of carbonyl (C=O) groups excluding carboxylic acids is 1. The second-order valence-electron chi connectivity index (χ2n) is 3.18. The average molecular weight is 190 g/mol. The number of benzene rings is 1. The van der Waals surface area contributed by atoms with Crippen LogP contribution in [0.15, 0.2) is 18.2 Å². The van der Waals surface area contributed by atoms with E-state index >= 15 is 0 Å². The van der Waals surface area contributed by atoms with Gasteiger partial charge in [0.15, 0.2) is 0 Å². The van der Waals surface area contributed by atoms with E-state index in [4.69, 9.17) is 5.26 Å². The van der Waals surface area contributed by atoms with Crippen LogP contribution in [0.4, 0.5) is 10.1 Å². The first-order valence-electron chi connectivity index (χ1n) is 4.19. The zero-order chi connectivity index (χ0) is 10.1. The summed E-state index contributed by atoms with van der Waals surface area (Å²) in [6.45, 7) is 0. The lowest BCUT2D eigenvalue weighted by atomic mass is 9.94. The van der Waals surface area contributed by atoms with Gasteiger partial charge in [-0.3, -0.25) is 4.79 Å². The third-order valence-electron chi connectivity index (χ3n) is 2.23. The summed E-state index contributed by atoms with van der Waals surface area (Å²) < 4.78 is 12.8. The molecule has 70 valence electrons. The Morgan fingerprint density at radius 3 is 3.07 bits per heavy atom. The molecule has 1 atom stereocenters. The molecule has 0 aromatic heterocycles. The maximum Gasteiger partial charge on any atom is 0.242 e. The van der Waals surface area contributed by atoms with E-state index in [1.165, 1.54) is 12.1 Å². The number of anilines is 1. The number of nitrogens with zero attached hydrogens (tertiary/aromatic N) is 1. The third kappa shape index (κ3) is 1.33. The van der Waals surface area contributed by atoms with Gasteiger partial charge >= 0.3 is 0 Å².